The first kappa shape index (κ1) is 17.6. The summed E-state index contributed by atoms with van der Waals surface area (Å²) in [6.45, 7) is 0. The van der Waals surface area contributed by atoms with Gasteiger partial charge < -0.3 is 11.1 Å². The summed E-state index contributed by atoms with van der Waals surface area (Å²) in [5.41, 5.74) is 8.30. The number of benzene rings is 3. The first-order valence-electron chi connectivity index (χ1n) is 8.40. The van der Waals surface area contributed by atoms with E-state index in [1.165, 1.54) is 33.9 Å². The number of hydrogen-bond donors (Lipinski definition) is 2. The summed E-state index contributed by atoms with van der Waals surface area (Å²) < 4.78 is 0. The molecule has 1 amide bonds. The molecular formula is C21H17N3OS2. The van der Waals surface area contributed by atoms with Crippen LogP contribution >= 0.6 is 23.1 Å². The van der Waals surface area contributed by atoms with E-state index in [4.69, 9.17) is 5.73 Å². The molecule has 27 heavy (non-hydrogen) atoms. The molecule has 134 valence electrons. The van der Waals surface area contributed by atoms with E-state index in [0.29, 0.717) is 16.6 Å². The standard InChI is InChI=1S/C21H17N3OS2/c22-17-7-9-18(10-8-17)26-13-20(25)24-21-23-19(12-27-21)16-6-5-14-3-1-2-4-15(14)11-16/h1-12H,13,22H2,(H,23,24,25). The molecule has 3 aromatic carbocycles. The predicted molar refractivity (Wildman–Crippen MR) is 115 cm³/mol. The summed E-state index contributed by atoms with van der Waals surface area (Å²) >= 11 is 2.90. The number of nitrogen functional groups attached to an aromatic ring is 1. The highest BCUT2D eigenvalue weighted by Crippen LogP contribution is 2.28. The Kier molecular flexibility index (Phi) is 5.09. The lowest BCUT2D eigenvalue weighted by molar-refractivity contribution is -0.113. The molecule has 0 aliphatic carbocycles. The number of carbonyl (C=O) groups is 1. The molecule has 0 saturated heterocycles. The summed E-state index contributed by atoms with van der Waals surface area (Å²) in [4.78, 5) is 17.7. The molecule has 4 nitrogen and oxygen atoms in total. The zero-order chi connectivity index (χ0) is 18.6. The summed E-state index contributed by atoms with van der Waals surface area (Å²) in [5.74, 6) is 0.255. The summed E-state index contributed by atoms with van der Waals surface area (Å²) in [6.07, 6.45) is 0. The minimum atomic E-state index is -0.0729. The molecule has 0 spiro atoms. The maximum Gasteiger partial charge on any atom is 0.236 e. The smallest absolute Gasteiger partial charge is 0.236 e. The fourth-order valence-corrected chi connectivity index (χ4v) is 4.11. The molecule has 1 heterocycles. The van der Waals surface area contributed by atoms with Crippen LogP contribution in [0, 0.1) is 0 Å². The number of rotatable bonds is 5. The summed E-state index contributed by atoms with van der Waals surface area (Å²) in [5, 5.41) is 7.82. The number of aromatic nitrogens is 1. The zero-order valence-electron chi connectivity index (χ0n) is 14.4. The van der Waals surface area contributed by atoms with Gasteiger partial charge in [0.05, 0.1) is 11.4 Å². The largest absolute Gasteiger partial charge is 0.399 e. The van der Waals surface area contributed by atoms with Gasteiger partial charge in [0, 0.05) is 21.5 Å². The number of nitrogens with zero attached hydrogens (tertiary/aromatic N) is 1. The summed E-state index contributed by atoms with van der Waals surface area (Å²) in [7, 11) is 0. The third-order valence-corrected chi connectivity index (χ3v) is 5.82. The highest BCUT2D eigenvalue weighted by Gasteiger charge is 2.09. The van der Waals surface area contributed by atoms with E-state index in [-0.39, 0.29) is 5.91 Å². The van der Waals surface area contributed by atoms with Crippen molar-refractivity contribution in [2.24, 2.45) is 0 Å². The Balaban J connectivity index is 1.41. The topological polar surface area (TPSA) is 68.0 Å². The Bertz CT molecular complexity index is 1090. The average Bonchev–Trinajstić information content (AvgIpc) is 3.15. The van der Waals surface area contributed by atoms with Crippen LogP contribution in [-0.4, -0.2) is 16.6 Å². The van der Waals surface area contributed by atoms with Crippen molar-refractivity contribution in [3.8, 4) is 11.3 Å². The van der Waals surface area contributed by atoms with Crippen LogP contribution in [0.3, 0.4) is 0 Å². The maximum atomic E-state index is 12.2. The zero-order valence-corrected chi connectivity index (χ0v) is 16.0. The van der Waals surface area contributed by atoms with Gasteiger partial charge in [0.15, 0.2) is 5.13 Å². The SMILES string of the molecule is Nc1ccc(SCC(=O)Nc2nc(-c3ccc4ccccc4c3)cs2)cc1. The van der Waals surface area contributed by atoms with Crippen LogP contribution in [0.15, 0.2) is 77.0 Å². The molecule has 0 aliphatic rings. The van der Waals surface area contributed by atoms with Crippen LogP contribution < -0.4 is 11.1 Å². The first-order valence-corrected chi connectivity index (χ1v) is 10.3. The lowest BCUT2D eigenvalue weighted by atomic mass is 10.1. The van der Waals surface area contributed by atoms with Crippen LogP contribution in [0.2, 0.25) is 0 Å². The highest BCUT2D eigenvalue weighted by molar-refractivity contribution is 8.00. The van der Waals surface area contributed by atoms with Gasteiger partial charge in [0.1, 0.15) is 0 Å². The van der Waals surface area contributed by atoms with Crippen molar-refractivity contribution in [2.45, 2.75) is 4.90 Å². The van der Waals surface area contributed by atoms with Crippen molar-refractivity contribution in [1.29, 1.82) is 0 Å². The fraction of sp³-hybridized carbons (Fsp3) is 0.0476. The predicted octanol–water partition coefficient (Wildman–Crippen LogP) is 5.28. The second-order valence-corrected chi connectivity index (χ2v) is 7.91. The number of carbonyl (C=O) groups excluding carboxylic acids is 1. The number of hydrogen-bond acceptors (Lipinski definition) is 5. The fourth-order valence-electron chi connectivity index (χ4n) is 2.68. The second kappa shape index (κ2) is 7.82. The molecule has 0 atom stereocenters. The third kappa shape index (κ3) is 4.30. The van der Waals surface area contributed by atoms with Crippen molar-refractivity contribution >= 4 is 50.6 Å². The molecular weight excluding hydrogens is 374 g/mol. The molecule has 0 radical (unpaired) electrons. The molecule has 4 aromatic rings. The Morgan fingerprint density at radius 1 is 1.04 bits per heavy atom. The van der Waals surface area contributed by atoms with Crippen molar-refractivity contribution in [3.05, 3.63) is 72.1 Å². The first-order chi connectivity index (χ1) is 13.2. The quantitative estimate of drug-likeness (QED) is 0.359. The van der Waals surface area contributed by atoms with Gasteiger partial charge in [-0.2, -0.15) is 0 Å². The van der Waals surface area contributed by atoms with E-state index >= 15 is 0 Å². The normalized spacial score (nSPS) is 10.8. The van der Waals surface area contributed by atoms with Crippen LogP contribution in [0.25, 0.3) is 22.0 Å². The highest BCUT2D eigenvalue weighted by atomic mass is 32.2. The Morgan fingerprint density at radius 2 is 1.81 bits per heavy atom. The van der Waals surface area contributed by atoms with Crippen molar-refractivity contribution < 1.29 is 4.79 Å². The molecule has 1 aromatic heterocycles. The molecule has 0 bridgehead atoms. The number of thiazole rings is 1. The average molecular weight is 392 g/mol. The number of nitrogens with two attached hydrogens (primary N) is 1. The molecule has 6 heteroatoms. The van der Waals surface area contributed by atoms with Crippen molar-refractivity contribution in [1.82, 2.24) is 4.98 Å². The van der Waals surface area contributed by atoms with Gasteiger partial charge in [-0.25, -0.2) is 4.98 Å². The van der Waals surface area contributed by atoms with E-state index in [1.807, 2.05) is 41.8 Å². The van der Waals surface area contributed by atoms with Gasteiger partial charge in [-0.3, -0.25) is 4.79 Å². The number of fused-ring (bicyclic) bond motifs is 1. The monoisotopic (exact) mass is 391 g/mol. The van der Waals surface area contributed by atoms with Gasteiger partial charge >= 0.3 is 0 Å². The van der Waals surface area contributed by atoms with E-state index in [9.17, 15) is 4.79 Å². The number of nitrogens with one attached hydrogen (secondary N) is 1. The molecule has 0 aliphatic heterocycles. The van der Waals surface area contributed by atoms with E-state index < -0.39 is 0 Å². The lowest BCUT2D eigenvalue weighted by Gasteiger charge is -2.03. The Morgan fingerprint density at radius 3 is 2.63 bits per heavy atom. The molecule has 3 N–H and O–H groups in total. The van der Waals surface area contributed by atoms with Crippen LogP contribution in [-0.2, 0) is 4.79 Å². The van der Waals surface area contributed by atoms with E-state index in [0.717, 1.165) is 16.2 Å². The second-order valence-electron chi connectivity index (χ2n) is 6.01. The lowest BCUT2D eigenvalue weighted by Crippen LogP contribution is -2.13. The van der Waals surface area contributed by atoms with Gasteiger partial charge in [-0.05, 0) is 41.1 Å². The summed E-state index contributed by atoms with van der Waals surface area (Å²) in [6, 6.07) is 22.0. The minimum absolute atomic E-state index is 0.0729. The van der Waals surface area contributed by atoms with Gasteiger partial charge in [-0.15, -0.1) is 23.1 Å². The number of amides is 1. The van der Waals surface area contributed by atoms with Crippen LogP contribution in [0.4, 0.5) is 10.8 Å². The number of thioether (sulfide) groups is 1. The van der Waals surface area contributed by atoms with Gasteiger partial charge in [0.25, 0.3) is 0 Å². The van der Waals surface area contributed by atoms with E-state index in [1.54, 1.807) is 0 Å². The van der Waals surface area contributed by atoms with Crippen LogP contribution in [0.1, 0.15) is 0 Å². The molecule has 0 saturated carbocycles. The maximum absolute atomic E-state index is 12.2. The molecule has 4 rings (SSSR count). The van der Waals surface area contributed by atoms with E-state index in [2.05, 4.69) is 40.6 Å². The van der Waals surface area contributed by atoms with Gasteiger partial charge in [-0.1, -0.05) is 36.4 Å². The Labute approximate surface area is 165 Å². The third-order valence-electron chi connectivity index (χ3n) is 4.05. The molecule has 0 fully saturated rings. The van der Waals surface area contributed by atoms with Crippen LogP contribution in [0.5, 0.6) is 0 Å². The van der Waals surface area contributed by atoms with Crippen molar-refractivity contribution in [3.63, 3.8) is 0 Å². The van der Waals surface area contributed by atoms with Gasteiger partial charge in [0.2, 0.25) is 5.91 Å². The molecule has 0 unspecified atom stereocenters. The minimum Gasteiger partial charge on any atom is -0.399 e. The van der Waals surface area contributed by atoms with Crippen molar-refractivity contribution in [2.75, 3.05) is 16.8 Å². The number of anilines is 2. The Hall–Kier alpha value is -2.83.